The molecule has 0 fully saturated rings. The Bertz CT molecular complexity index is 813. The molecule has 0 saturated carbocycles. The first-order chi connectivity index (χ1) is 25.5. The summed E-state index contributed by atoms with van der Waals surface area (Å²) in [5.41, 5.74) is 0. The van der Waals surface area contributed by atoms with Crippen LogP contribution in [0.4, 0.5) is 0 Å². The number of nitrogens with one attached hydrogen (secondary N) is 1. The average Bonchev–Trinajstić information content (AvgIpc) is 3.14. The van der Waals surface area contributed by atoms with Crippen LogP contribution in [-0.2, 0) is 14.3 Å². The molecule has 0 heterocycles. The van der Waals surface area contributed by atoms with E-state index in [9.17, 15) is 19.8 Å². The number of aliphatic hydroxyl groups excluding tert-OH is 2. The van der Waals surface area contributed by atoms with Crippen molar-refractivity contribution in [3.8, 4) is 0 Å². The van der Waals surface area contributed by atoms with Crippen LogP contribution in [0.2, 0.25) is 0 Å². The first-order valence-electron chi connectivity index (χ1n) is 22.6. The second-order valence-corrected chi connectivity index (χ2v) is 15.4. The van der Waals surface area contributed by atoms with E-state index in [4.69, 9.17) is 4.74 Å². The molecular formula is C46H87NO5. The number of hydrogen-bond donors (Lipinski definition) is 3. The molecule has 3 N–H and O–H groups in total. The van der Waals surface area contributed by atoms with Crippen molar-refractivity contribution in [2.24, 2.45) is 0 Å². The third-order valence-electron chi connectivity index (χ3n) is 10.2. The molecule has 0 aliphatic rings. The van der Waals surface area contributed by atoms with Gasteiger partial charge in [-0.2, -0.15) is 0 Å². The first kappa shape index (κ1) is 50.3. The van der Waals surface area contributed by atoms with Crippen LogP contribution in [0.15, 0.2) is 24.3 Å². The smallest absolute Gasteiger partial charge is 0.305 e. The predicted octanol–water partition coefficient (Wildman–Crippen LogP) is 12.8. The molecule has 6 nitrogen and oxygen atoms in total. The Balaban J connectivity index is 3.58. The molecule has 2 unspecified atom stereocenters. The Morgan fingerprint density at radius 3 is 1.37 bits per heavy atom. The Morgan fingerprint density at radius 2 is 0.904 bits per heavy atom. The Hall–Kier alpha value is -1.66. The Kier molecular flexibility index (Phi) is 40.7. The largest absolute Gasteiger partial charge is 0.466 e. The van der Waals surface area contributed by atoms with Crippen molar-refractivity contribution in [3.63, 3.8) is 0 Å². The van der Waals surface area contributed by atoms with Gasteiger partial charge in [-0.05, 0) is 57.8 Å². The van der Waals surface area contributed by atoms with Crippen LogP contribution in [0.1, 0.15) is 232 Å². The molecule has 0 spiro atoms. The molecule has 0 radical (unpaired) electrons. The fourth-order valence-corrected chi connectivity index (χ4v) is 6.68. The number of ether oxygens (including phenoxy) is 1. The summed E-state index contributed by atoms with van der Waals surface area (Å²) >= 11 is 0. The minimum atomic E-state index is -0.860. The molecular weight excluding hydrogens is 647 g/mol. The number of aliphatic hydroxyl groups is 2. The predicted molar refractivity (Wildman–Crippen MR) is 223 cm³/mol. The van der Waals surface area contributed by atoms with Crippen molar-refractivity contribution in [2.45, 2.75) is 244 Å². The van der Waals surface area contributed by atoms with E-state index in [-0.39, 0.29) is 18.5 Å². The summed E-state index contributed by atoms with van der Waals surface area (Å²) in [6, 6.07) is -0.646. The van der Waals surface area contributed by atoms with E-state index in [2.05, 4.69) is 31.3 Å². The highest BCUT2D eigenvalue weighted by Gasteiger charge is 2.18. The molecule has 0 aliphatic heterocycles. The second-order valence-electron chi connectivity index (χ2n) is 15.4. The molecule has 0 aliphatic carbocycles. The molecule has 306 valence electrons. The maximum atomic E-state index is 12.4. The minimum Gasteiger partial charge on any atom is -0.466 e. The van der Waals surface area contributed by atoms with Gasteiger partial charge in [-0.1, -0.05) is 186 Å². The number of esters is 1. The average molecular weight is 734 g/mol. The number of hydrogen-bond acceptors (Lipinski definition) is 5. The van der Waals surface area contributed by atoms with Gasteiger partial charge in [0.05, 0.1) is 25.4 Å². The Labute approximate surface area is 322 Å². The third kappa shape index (κ3) is 38.1. The van der Waals surface area contributed by atoms with E-state index >= 15 is 0 Å². The lowest BCUT2D eigenvalue weighted by Gasteiger charge is -2.20. The first-order valence-corrected chi connectivity index (χ1v) is 22.6. The maximum absolute atomic E-state index is 12.4. The van der Waals surface area contributed by atoms with Gasteiger partial charge < -0.3 is 20.3 Å². The van der Waals surface area contributed by atoms with E-state index < -0.39 is 12.1 Å². The number of allylic oxidation sites excluding steroid dienone is 3. The molecule has 0 rings (SSSR count). The number of carbonyl (C=O) groups is 2. The Morgan fingerprint density at radius 1 is 0.519 bits per heavy atom. The van der Waals surface area contributed by atoms with E-state index in [0.717, 1.165) is 83.5 Å². The van der Waals surface area contributed by atoms with Crippen molar-refractivity contribution >= 4 is 11.9 Å². The monoisotopic (exact) mass is 734 g/mol. The van der Waals surface area contributed by atoms with Crippen molar-refractivity contribution in [3.05, 3.63) is 24.3 Å². The number of carbonyl (C=O) groups excluding carboxylic acids is 2. The lowest BCUT2D eigenvalue weighted by Crippen LogP contribution is -2.45. The fraction of sp³-hybridized carbons (Fsp3) is 0.870. The van der Waals surface area contributed by atoms with Gasteiger partial charge in [0.1, 0.15) is 0 Å². The van der Waals surface area contributed by atoms with Gasteiger partial charge in [-0.25, -0.2) is 0 Å². The zero-order valence-corrected chi connectivity index (χ0v) is 34.5. The van der Waals surface area contributed by atoms with Crippen LogP contribution in [0.5, 0.6) is 0 Å². The highest BCUT2D eigenvalue weighted by Crippen LogP contribution is 2.14. The van der Waals surface area contributed by atoms with Gasteiger partial charge in [-0.15, -0.1) is 0 Å². The molecule has 52 heavy (non-hydrogen) atoms. The van der Waals surface area contributed by atoms with Gasteiger partial charge >= 0.3 is 5.97 Å². The zero-order chi connectivity index (χ0) is 38.0. The van der Waals surface area contributed by atoms with Crippen LogP contribution in [0.25, 0.3) is 0 Å². The molecule has 0 aromatic carbocycles. The van der Waals surface area contributed by atoms with Crippen LogP contribution in [0, 0.1) is 0 Å². The van der Waals surface area contributed by atoms with E-state index in [0.29, 0.717) is 19.4 Å². The molecule has 0 aromatic rings. The van der Waals surface area contributed by atoms with Crippen LogP contribution in [-0.4, -0.2) is 47.4 Å². The minimum absolute atomic E-state index is 0.0342. The standard InChI is InChI=1S/C46H87NO5/c1-3-5-7-9-11-13-15-16-19-22-26-30-34-38-44(49)43(42-48)47-45(50)39-35-31-27-23-20-17-21-25-29-33-37-41-52-46(51)40-36-32-28-24-18-14-12-10-8-6-4-2/h21,25,34,38,43-44,48-49H,3-20,22-24,26-33,35-37,39-42H2,1-2H3,(H,47,50)/b25-21-,38-34+. The van der Waals surface area contributed by atoms with Gasteiger partial charge in [0.15, 0.2) is 0 Å². The summed E-state index contributed by atoms with van der Waals surface area (Å²) < 4.78 is 5.41. The molecule has 6 heteroatoms. The summed E-state index contributed by atoms with van der Waals surface area (Å²) in [7, 11) is 0. The van der Waals surface area contributed by atoms with Crippen LogP contribution < -0.4 is 5.32 Å². The zero-order valence-electron chi connectivity index (χ0n) is 34.5. The number of unbranched alkanes of at least 4 members (excludes halogenated alkanes) is 28. The molecule has 0 saturated heterocycles. The lowest BCUT2D eigenvalue weighted by atomic mass is 10.0. The number of amides is 1. The van der Waals surface area contributed by atoms with Gasteiger partial charge in [0.25, 0.3) is 0 Å². The van der Waals surface area contributed by atoms with Crippen molar-refractivity contribution < 1.29 is 24.5 Å². The van der Waals surface area contributed by atoms with Gasteiger partial charge in [0, 0.05) is 12.8 Å². The summed E-state index contributed by atoms with van der Waals surface area (Å²) in [6.45, 7) is 4.80. The topological polar surface area (TPSA) is 95.9 Å². The summed E-state index contributed by atoms with van der Waals surface area (Å²) in [5.74, 6) is -0.132. The van der Waals surface area contributed by atoms with Crippen LogP contribution in [0.3, 0.4) is 0 Å². The van der Waals surface area contributed by atoms with E-state index in [1.165, 1.54) is 122 Å². The highest BCUT2D eigenvalue weighted by atomic mass is 16.5. The molecule has 2 atom stereocenters. The van der Waals surface area contributed by atoms with Gasteiger partial charge in [-0.3, -0.25) is 9.59 Å². The third-order valence-corrected chi connectivity index (χ3v) is 10.2. The number of rotatable bonds is 41. The quantitative estimate of drug-likeness (QED) is 0.0330. The van der Waals surface area contributed by atoms with Crippen LogP contribution >= 0.6 is 0 Å². The van der Waals surface area contributed by atoms with E-state index in [1.54, 1.807) is 6.08 Å². The maximum Gasteiger partial charge on any atom is 0.305 e. The molecule has 0 aromatic heterocycles. The van der Waals surface area contributed by atoms with Crippen molar-refractivity contribution in [1.82, 2.24) is 5.32 Å². The normalized spacial score (nSPS) is 12.9. The van der Waals surface area contributed by atoms with Crippen molar-refractivity contribution in [1.29, 1.82) is 0 Å². The van der Waals surface area contributed by atoms with Crippen molar-refractivity contribution in [2.75, 3.05) is 13.2 Å². The van der Waals surface area contributed by atoms with E-state index in [1.807, 2.05) is 6.08 Å². The summed E-state index contributed by atoms with van der Waals surface area (Å²) in [4.78, 5) is 24.3. The van der Waals surface area contributed by atoms with Gasteiger partial charge in [0.2, 0.25) is 5.91 Å². The summed E-state index contributed by atoms with van der Waals surface area (Å²) in [6.07, 6.45) is 47.3. The highest BCUT2D eigenvalue weighted by molar-refractivity contribution is 5.76. The SMILES string of the molecule is CCCCCCCCCCCCC/C=C/C(O)C(CO)NC(=O)CCCCCCC/C=C\CCCCOC(=O)CCCCCCCCCCCCC. The molecule has 0 bridgehead atoms. The summed E-state index contributed by atoms with van der Waals surface area (Å²) in [5, 5.41) is 22.9. The second kappa shape index (κ2) is 42.1. The fourth-order valence-electron chi connectivity index (χ4n) is 6.68. The molecule has 1 amide bonds. The lowest BCUT2D eigenvalue weighted by molar-refractivity contribution is -0.143.